The van der Waals surface area contributed by atoms with E-state index < -0.39 is 0 Å². The van der Waals surface area contributed by atoms with E-state index in [-0.39, 0.29) is 24.3 Å². The number of nitrogens with zero attached hydrogens (tertiary/aromatic N) is 2. The molecule has 1 heterocycles. The molecule has 1 aliphatic heterocycles. The number of nitrogens with one attached hydrogen (secondary N) is 1. The highest BCUT2D eigenvalue weighted by molar-refractivity contribution is 5.85. The summed E-state index contributed by atoms with van der Waals surface area (Å²) >= 11 is 0. The Balaban J connectivity index is 0.00000288. The molecule has 0 spiro atoms. The number of hydrogen-bond donors (Lipinski definition) is 1. The molecule has 1 N–H and O–H groups in total. The molecule has 0 atom stereocenters. The highest BCUT2D eigenvalue weighted by Crippen LogP contribution is 2.09. The Morgan fingerprint density at radius 1 is 1.08 bits per heavy atom. The van der Waals surface area contributed by atoms with E-state index in [4.69, 9.17) is 0 Å². The second-order valence-corrected chi connectivity index (χ2v) is 6.10. The van der Waals surface area contributed by atoms with Crippen molar-refractivity contribution in [3.63, 3.8) is 0 Å². The Bertz CT molecular complexity index is 476. The summed E-state index contributed by atoms with van der Waals surface area (Å²) in [6, 6.07) is 6.87. The third kappa shape index (κ3) is 7.05. The molecule has 1 aliphatic rings. The molecule has 0 saturated carbocycles. The van der Waals surface area contributed by atoms with Crippen LogP contribution < -0.4 is 5.32 Å². The van der Waals surface area contributed by atoms with Crippen LogP contribution in [0.15, 0.2) is 24.3 Å². The summed E-state index contributed by atoms with van der Waals surface area (Å²) in [7, 11) is 0. The lowest BCUT2D eigenvalue weighted by Gasteiger charge is -2.34. The number of piperazine rings is 1. The molecule has 0 unspecified atom stereocenters. The van der Waals surface area contributed by atoms with E-state index in [0.717, 1.165) is 45.6 Å². The van der Waals surface area contributed by atoms with Gasteiger partial charge in [0.25, 0.3) is 0 Å². The van der Waals surface area contributed by atoms with Gasteiger partial charge in [-0.25, -0.2) is 9.18 Å². The predicted molar refractivity (Wildman–Crippen MR) is 98.3 cm³/mol. The lowest BCUT2D eigenvalue weighted by molar-refractivity contribution is 0.138. The van der Waals surface area contributed by atoms with Crippen LogP contribution >= 0.6 is 12.4 Å². The van der Waals surface area contributed by atoms with E-state index in [1.165, 1.54) is 30.5 Å². The molecular weight excluding hydrogens is 329 g/mol. The minimum Gasteiger partial charge on any atom is -0.338 e. The highest BCUT2D eigenvalue weighted by Gasteiger charge is 2.19. The number of carbonyl (C=O) groups is 1. The number of benzene rings is 1. The molecule has 24 heavy (non-hydrogen) atoms. The first-order valence-electron chi connectivity index (χ1n) is 8.68. The fourth-order valence-electron chi connectivity index (χ4n) is 2.93. The maximum atomic E-state index is 12.8. The van der Waals surface area contributed by atoms with Gasteiger partial charge in [-0.05, 0) is 50.4 Å². The van der Waals surface area contributed by atoms with Crippen LogP contribution in [0.2, 0.25) is 0 Å². The van der Waals surface area contributed by atoms with Gasteiger partial charge in [-0.3, -0.25) is 4.90 Å². The van der Waals surface area contributed by atoms with Crippen LogP contribution in [-0.4, -0.2) is 55.1 Å². The molecule has 0 radical (unpaired) electrons. The molecular formula is C18H29ClFN3O. The summed E-state index contributed by atoms with van der Waals surface area (Å²) in [4.78, 5) is 16.1. The van der Waals surface area contributed by atoms with Gasteiger partial charge < -0.3 is 10.2 Å². The Morgan fingerprint density at radius 2 is 1.75 bits per heavy atom. The number of carbonyl (C=O) groups excluding carboxylic acids is 1. The Kier molecular flexibility index (Phi) is 9.72. The lowest BCUT2D eigenvalue weighted by Crippen LogP contribution is -2.51. The van der Waals surface area contributed by atoms with Crippen LogP contribution in [0.1, 0.15) is 31.7 Å². The van der Waals surface area contributed by atoms with E-state index in [9.17, 15) is 9.18 Å². The zero-order valence-electron chi connectivity index (χ0n) is 14.5. The van der Waals surface area contributed by atoms with Crippen LogP contribution in [0, 0.1) is 5.82 Å². The molecule has 1 aromatic carbocycles. The quantitative estimate of drug-likeness (QED) is 0.760. The molecule has 0 aliphatic carbocycles. The second-order valence-electron chi connectivity index (χ2n) is 6.10. The third-order valence-corrected chi connectivity index (χ3v) is 4.34. The number of hydrogen-bond acceptors (Lipinski definition) is 2. The van der Waals surface area contributed by atoms with Gasteiger partial charge in [0, 0.05) is 32.7 Å². The van der Waals surface area contributed by atoms with Crippen LogP contribution in [0.3, 0.4) is 0 Å². The van der Waals surface area contributed by atoms with Crippen molar-refractivity contribution in [3.8, 4) is 0 Å². The first kappa shape index (κ1) is 20.7. The molecule has 1 saturated heterocycles. The average Bonchev–Trinajstić information content (AvgIpc) is 2.57. The molecule has 1 aromatic rings. The summed E-state index contributed by atoms with van der Waals surface area (Å²) in [6.07, 6.45) is 4.53. The summed E-state index contributed by atoms with van der Waals surface area (Å²) in [5, 5.41) is 2.85. The maximum Gasteiger partial charge on any atom is 0.317 e. The van der Waals surface area contributed by atoms with E-state index >= 15 is 0 Å². The fourth-order valence-corrected chi connectivity index (χ4v) is 2.93. The van der Waals surface area contributed by atoms with Crippen molar-refractivity contribution in [1.29, 1.82) is 0 Å². The monoisotopic (exact) mass is 357 g/mol. The first-order chi connectivity index (χ1) is 11.2. The normalized spacial score (nSPS) is 15.0. The van der Waals surface area contributed by atoms with E-state index in [2.05, 4.69) is 10.2 Å². The number of amides is 2. The van der Waals surface area contributed by atoms with Gasteiger partial charge in [0.05, 0.1) is 0 Å². The van der Waals surface area contributed by atoms with Crippen molar-refractivity contribution < 1.29 is 9.18 Å². The van der Waals surface area contributed by atoms with Crippen molar-refractivity contribution >= 4 is 18.4 Å². The van der Waals surface area contributed by atoms with Crippen molar-refractivity contribution in [1.82, 2.24) is 15.1 Å². The summed E-state index contributed by atoms with van der Waals surface area (Å²) in [6.45, 7) is 7.31. The third-order valence-electron chi connectivity index (χ3n) is 4.34. The minimum absolute atomic E-state index is 0. The fraction of sp³-hybridized carbons (Fsp3) is 0.611. The number of unbranched alkanes of at least 4 members (excludes halogenated alkanes) is 2. The van der Waals surface area contributed by atoms with Gasteiger partial charge in [0.1, 0.15) is 5.82 Å². The molecule has 4 nitrogen and oxygen atoms in total. The molecule has 0 bridgehead atoms. The van der Waals surface area contributed by atoms with Gasteiger partial charge in [0.2, 0.25) is 0 Å². The summed E-state index contributed by atoms with van der Waals surface area (Å²) < 4.78 is 12.8. The standard InChI is InChI=1S/C18H28FN3O.ClH/c1-2-20-18(23)22-14-12-21(13-15-22)11-5-3-4-6-16-7-9-17(19)10-8-16;/h7-10H,2-6,11-15H2,1H3,(H,20,23);1H. The number of urea groups is 1. The van der Waals surface area contributed by atoms with Gasteiger partial charge in [-0.15, -0.1) is 12.4 Å². The van der Waals surface area contributed by atoms with Crippen molar-refractivity contribution in [2.75, 3.05) is 39.3 Å². The number of halogens is 2. The maximum absolute atomic E-state index is 12.8. The molecule has 1 fully saturated rings. The van der Waals surface area contributed by atoms with E-state index in [1.54, 1.807) is 0 Å². The highest BCUT2D eigenvalue weighted by atomic mass is 35.5. The topological polar surface area (TPSA) is 35.6 Å². The van der Waals surface area contributed by atoms with Crippen LogP contribution in [0.4, 0.5) is 9.18 Å². The van der Waals surface area contributed by atoms with Crippen LogP contribution in [0.5, 0.6) is 0 Å². The number of rotatable bonds is 7. The van der Waals surface area contributed by atoms with Crippen molar-refractivity contribution in [2.24, 2.45) is 0 Å². The van der Waals surface area contributed by atoms with E-state index in [0.29, 0.717) is 6.54 Å². The Labute approximate surface area is 150 Å². The van der Waals surface area contributed by atoms with E-state index in [1.807, 2.05) is 24.0 Å². The summed E-state index contributed by atoms with van der Waals surface area (Å²) in [5.74, 6) is -0.166. The average molecular weight is 358 g/mol. The Hall–Kier alpha value is -1.33. The smallest absolute Gasteiger partial charge is 0.317 e. The largest absolute Gasteiger partial charge is 0.338 e. The Morgan fingerprint density at radius 3 is 2.38 bits per heavy atom. The zero-order valence-corrected chi connectivity index (χ0v) is 15.3. The van der Waals surface area contributed by atoms with Crippen molar-refractivity contribution in [3.05, 3.63) is 35.6 Å². The SMILES string of the molecule is CCNC(=O)N1CCN(CCCCCc2ccc(F)cc2)CC1.Cl. The molecule has 0 aromatic heterocycles. The predicted octanol–water partition coefficient (Wildman–Crippen LogP) is 3.31. The van der Waals surface area contributed by atoms with Crippen LogP contribution in [-0.2, 0) is 6.42 Å². The molecule has 2 rings (SSSR count). The molecule has 6 heteroatoms. The first-order valence-corrected chi connectivity index (χ1v) is 8.68. The van der Waals surface area contributed by atoms with Crippen LogP contribution in [0.25, 0.3) is 0 Å². The minimum atomic E-state index is -0.166. The second kappa shape index (κ2) is 11.3. The van der Waals surface area contributed by atoms with Crippen molar-refractivity contribution in [2.45, 2.75) is 32.6 Å². The lowest BCUT2D eigenvalue weighted by atomic mass is 10.1. The molecule has 2 amide bonds. The van der Waals surface area contributed by atoms with Gasteiger partial charge in [-0.2, -0.15) is 0 Å². The van der Waals surface area contributed by atoms with Gasteiger partial charge >= 0.3 is 6.03 Å². The zero-order chi connectivity index (χ0) is 16.5. The van der Waals surface area contributed by atoms with Gasteiger partial charge in [0.15, 0.2) is 0 Å². The van der Waals surface area contributed by atoms with Gasteiger partial charge in [-0.1, -0.05) is 18.6 Å². The summed E-state index contributed by atoms with van der Waals surface area (Å²) in [5.41, 5.74) is 1.21. The molecule has 136 valence electrons. The number of aryl methyl sites for hydroxylation is 1.